The van der Waals surface area contributed by atoms with Gasteiger partial charge in [-0.2, -0.15) is 4.31 Å². The van der Waals surface area contributed by atoms with Crippen molar-refractivity contribution in [1.82, 2.24) is 23.8 Å². The van der Waals surface area contributed by atoms with Crippen LogP contribution in [0.1, 0.15) is 63.5 Å². The first-order valence-corrected chi connectivity index (χ1v) is 12.1. The van der Waals surface area contributed by atoms with Crippen LogP contribution in [-0.4, -0.2) is 57.0 Å². The molecule has 0 saturated carbocycles. The lowest BCUT2D eigenvalue weighted by molar-refractivity contribution is -0.140. The Bertz CT molecular complexity index is 1160. The lowest BCUT2D eigenvalue weighted by Crippen LogP contribution is -2.44. The first kappa shape index (κ1) is 21.0. The van der Waals surface area contributed by atoms with Gasteiger partial charge < -0.3 is 4.90 Å². The molecule has 4 heterocycles. The summed E-state index contributed by atoms with van der Waals surface area (Å²) >= 11 is 0. The van der Waals surface area contributed by atoms with E-state index in [1.807, 2.05) is 20.8 Å². The molecule has 2 aliphatic rings. The van der Waals surface area contributed by atoms with Gasteiger partial charge in [-0.15, -0.1) is 0 Å². The zero-order chi connectivity index (χ0) is 21.8. The predicted octanol–water partition coefficient (Wildman–Crippen LogP) is 1.44. The van der Waals surface area contributed by atoms with E-state index in [2.05, 4.69) is 10.1 Å². The van der Waals surface area contributed by atoms with Crippen molar-refractivity contribution in [1.29, 1.82) is 0 Å². The first-order valence-electron chi connectivity index (χ1n) is 10.4. The highest BCUT2D eigenvalue weighted by molar-refractivity contribution is 7.89. The standard InChI is InChI=1S/C20H29N5O4S/c1-5-30(28,29)24-9-6-7-16(24)14-11-17-21-15-12-23(19(27)20(2,3)4)10-8-13(15)18(26)25(17)22-14/h11,16,22H,5-10,12H2,1-4H3/t16-/m1/s1. The summed E-state index contributed by atoms with van der Waals surface area (Å²) in [6.45, 7) is 8.58. The van der Waals surface area contributed by atoms with Gasteiger partial charge in [0.05, 0.1) is 29.7 Å². The van der Waals surface area contributed by atoms with Gasteiger partial charge in [0, 0.05) is 30.1 Å². The van der Waals surface area contributed by atoms with Crippen LogP contribution in [0.4, 0.5) is 0 Å². The van der Waals surface area contributed by atoms with Gasteiger partial charge in [-0.1, -0.05) is 20.8 Å². The summed E-state index contributed by atoms with van der Waals surface area (Å²) < 4.78 is 27.8. The molecule has 10 heteroatoms. The second kappa shape index (κ2) is 7.19. The van der Waals surface area contributed by atoms with E-state index in [0.717, 1.165) is 6.42 Å². The lowest BCUT2D eigenvalue weighted by atomic mass is 9.93. The average Bonchev–Trinajstić information content (AvgIpc) is 3.33. The molecule has 1 amide bonds. The van der Waals surface area contributed by atoms with Crippen molar-refractivity contribution in [3.63, 3.8) is 0 Å². The van der Waals surface area contributed by atoms with Gasteiger partial charge in [-0.25, -0.2) is 17.9 Å². The van der Waals surface area contributed by atoms with E-state index in [-0.39, 0.29) is 23.3 Å². The number of fused-ring (bicyclic) bond motifs is 2. The van der Waals surface area contributed by atoms with Gasteiger partial charge in [0.15, 0.2) is 5.65 Å². The Morgan fingerprint density at radius 1 is 1.30 bits per heavy atom. The van der Waals surface area contributed by atoms with Crippen molar-refractivity contribution in [2.24, 2.45) is 5.41 Å². The predicted molar refractivity (Wildman–Crippen MR) is 113 cm³/mol. The van der Waals surface area contributed by atoms with Crippen LogP contribution in [0.3, 0.4) is 0 Å². The van der Waals surface area contributed by atoms with Gasteiger partial charge in [0.2, 0.25) is 15.9 Å². The molecule has 164 valence electrons. The number of aromatic amines is 1. The molecule has 2 aliphatic heterocycles. The Balaban J connectivity index is 1.71. The van der Waals surface area contributed by atoms with Crippen LogP contribution in [0.15, 0.2) is 10.9 Å². The number of hydrogen-bond donors (Lipinski definition) is 1. The Morgan fingerprint density at radius 2 is 2.03 bits per heavy atom. The maximum Gasteiger partial charge on any atom is 0.276 e. The molecule has 0 radical (unpaired) electrons. The Labute approximate surface area is 176 Å². The monoisotopic (exact) mass is 435 g/mol. The summed E-state index contributed by atoms with van der Waals surface area (Å²) in [4.78, 5) is 32.1. The van der Waals surface area contributed by atoms with E-state index in [9.17, 15) is 18.0 Å². The second-order valence-electron chi connectivity index (χ2n) is 9.14. The number of nitrogens with one attached hydrogen (secondary N) is 1. The van der Waals surface area contributed by atoms with Crippen LogP contribution in [-0.2, 0) is 27.8 Å². The van der Waals surface area contributed by atoms with Crippen molar-refractivity contribution in [2.45, 2.75) is 59.5 Å². The van der Waals surface area contributed by atoms with Crippen molar-refractivity contribution < 1.29 is 13.2 Å². The summed E-state index contributed by atoms with van der Waals surface area (Å²) in [5.74, 6) is 0.0877. The molecule has 2 aromatic heterocycles. The van der Waals surface area contributed by atoms with Crippen LogP contribution in [0.2, 0.25) is 0 Å². The quantitative estimate of drug-likeness (QED) is 0.785. The van der Waals surface area contributed by atoms with E-state index >= 15 is 0 Å². The van der Waals surface area contributed by atoms with Crippen LogP contribution in [0, 0.1) is 5.41 Å². The molecular formula is C20H29N5O4S. The SMILES string of the molecule is CCS(=O)(=O)N1CCC[C@@H]1c1cc2nc3c(c(=O)n2[nH]1)CCN(C(=O)C(C)(C)C)C3. The van der Waals surface area contributed by atoms with Crippen molar-refractivity contribution in [3.8, 4) is 0 Å². The van der Waals surface area contributed by atoms with Crippen molar-refractivity contribution in [2.75, 3.05) is 18.8 Å². The molecule has 1 atom stereocenters. The van der Waals surface area contributed by atoms with Crippen LogP contribution < -0.4 is 5.56 Å². The normalized spacial score (nSPS) is 20.7. The third kappa shape index (κ3) is 3.45. The van der Waals surface area contributed by atoms with Crippen LogP contribution in [0.5, 0.6) is 0 Å². The highest BCUT2D eigenvalue weighted by atomic mass is 32.2. The number of H-pyrrole nitrogens is 1. The molecule has 0 aromatic carbocycles. The van der Waals surface area contributed by atoms with E-state index in [4.69, 9.17) is 0 Å². The molecule has 30 heavy (non-hydrogen) atoms. The minimum atomic E-state index is -3.33. The molecule has 0 aliphatic carbocycles. The Kier molecular flexibility index (Phi) is 5.05. The number of carbonyl (C=O) groups is 1. The van der Waals surface area contributed by atoms with E-state index in [0.29, 0.717) is 55.1 Å². The minimum absolute atomic E-state index is 0.0382. The number of carbonyl (C=O) groups excluding carboxylic acids is 1. The summed E-state index contributed by atoms with van der Waals surface area (Å²) in [6.07, 6.45) is 1.94. The molecule has 0 spiro atoms. The molecule has 0 bridgehead atoms. The molecule has 1 saturated heterocycles. The second-order valence-corrected chi connectivity index (χ2v) is 11.4. The summed E-state index contributed by atoms with van der Waals surface area (Å²) in [7, 11) is -3.33. The van der Waals surface area contributed by atoms with E-state index < -0.39 is 15.4 Å². The number of rotatable bonds is 3. The Hall–Kier alpha value is -2.20. The molecule has 4 rings (SSSR count). The number of aromatic nitrogens is 3. The zero-order valence-corrected chi connectivity index (χ0v) is 18.8. The summed E-state index contributed by atoms with van der Waals surface area (Å²) in [6, 6.07) is 1.45. The van der Waals surface area contributed by atoms with Gasteiger partial charge >= 0.3 is 0 Å². The number of amides is 1. The zero-order valence-electron chi connectivity index (χ0n) is 17.9. The molecular weight excluding hydrogens is 406 g/mol. The highest BCUT2D eigenvalue weighted by Gasteiger charge is 2.36. The average molecular weight is 436 g/mol. The van der Waals surface area contributed by atoms with Gasteiger partial charge in [-0.05, 0) is 26.2 Å². The molecule has 0 unspecified atom stereocenters. The van der Waals surface area contributed by atoms with Crippen molar-refractivity contribution in [3.05, 3.63) is 33.4 Å². The fraction of sp³-hybridized carbons (Fsp3) is 0.650. The van der Waals surface area contributed by atoms with Gasteiger partial charge in [0.1, 0.15) is 0 Å². The lowest BCUT2D eigenvalue weighted by Gasteiger charge is -2.32. The number of hydrogen-bond acceptors (Lipinski definition) is 5. The molecule has 1 N–H and O–H groups in total. The molecule has 2 aromatic rings. The maximum atomic E-state index is 13.1. The minimum Gasteiger partial charge on any atom is -0.336 e. The van der Waals surface area contributed by atoms with Gasteiger partial charge in [-0.3, -0.25) is 14.7 Å². The smallest absolute Gasteiger partial charge is 0.276 e. The largest absolute Gasteiger partial charge is 0.336 e. The van der Waals surface area contributed by atoms with Gasteiger partial charge in [0.25, 0.3) is 5.56 Å². The third-order valence-corrected chi connectivity index (χ3v) is 7.88. The van der Waals surface area contributed by atoms with Crippen LogP contribution >= 0.6 is 0 Å². The van der Waals surface area contributed by atoms with Crippen LogP contribution in [0.25, 0.3) is 5.65 Å². The summed E-state index contributed by atoms with van der Waals surface area (Å²) in [5.41, 5.74) is 1.71. The number of sulfonamides is 1. The molecule has 9 nitrogen and oxygen atoms in total. The Morgan fingerprint density at radius 3 is 2.70 bits per heavy atom. The maximum absolute atomic E-state index is 13.1. The van der Waals surface area contributed by atoms with Crippen molar-refractivity contribution >= 4 is 21.6 Å². The topological polar surface area (TPSA) is 108 Å². The molecule has 1 fully saturated rings. The van der Waals surface area contributed by atoms with E-state index in [1.54, 1.807) is 17.9 Å². The third-order valence-electron chi connectivity index (χ3n) is 6.00. The highest BCUT2D eigenvalue weighted by Crippen LogP contribution is 2.34. The fourth-order valence-electron chi connectivity index (χ4n) is 4.38. The summed E-state index contributed by atoms with van der Waals surface area (Å²) in [5, 5.41) is 3.10. The fourth-order valence-corrected chi connectivity index (χ4v) is 5.73. The first-order chi connectivity index (χ1) is 14.0. The number of nitrogens with zero attached hydrogens (tertiary/aromatic N) is 4. The van der Waals surface area contributed by atoms with E-state index in [1.165, 1.54) is 8.82 Å².